The molecule has 2 aliphatic rings. The Balaban J connectivity index is 0.909. The van der Waals surface area contributed by atoms with Gasteiger partial charge in [0.25, 0.3) is 5.56 Å². The maximum absolute atomic E-state index is 13.4. The third-order valence-corrected chi connectivity index (χ3v) is 9.69. The number of rotatable bonds is 14. The van der Waals surface area contributed by atoms with Crippen LogP contribution in [-0.4, -0.2) is 45.4 Å². The van der Waals surface area contributed by atoms with Crippen molar-refractivity contribution < 1.29 is 18.9 Å². The summed E-state index contributed by atoms with van der Waals surface area (Å²) in [6.45, 7) is 3.74. The third-order valence-electron chi connectivity index (χ3n) is 9.16. The Hall–Kier alpha value is -3.95. The predicted octanol–water partition coefficient (Wildman–Crippen LogP) is 8.63. The fourth-order valence-electron chi connectivity index (χ4n) is 6.70. The molecule has 1 aliphatic heterocycles. The summed E-state index contributed by atoms with van der Waals surface area (Å²) >= 11 is 12.5. The van der Waals surface area contributed by atoms with Crippen molar-refractivity contribution in [2.45, 2.75) is 77.7 Å². The van der Waals surface area contributed by atoms with E-state index < -0.39 is 0 Å². The molecule has 9 nitrogen and oxygen atoms in total. The van der Waals surface area contributed by atoms with Crippen LogP contribution in [0.2, 0.25) is 10.0 Å². The van der Waals surface area contributed by atoms with E-state index in [9.17, 15) is 10.0 Å². The van der Waals surface area contributed by atoms with Gasteiger partial charge in [-0.05, 0) is 81.5 Å². The molecule has 0 bridgehead atoms. The van der Waals surface area contributed by atoms with Gasteiger partial charge in [0.1, 0.15) is 11.6 Å². The summed E-state index contributed by atoms with van der Waals surface area (Å²) in [6.07, 6.45) is 16.3. The van der Waals surface area contributed by atoms with E-state index in [1.54, 1.807) is 44.5 Å². The lowest BCUT2D eigenvalue weighted by Gasteiger charge is -2.20. The molecular formula is C37H42Cl2N4O5. The van der Waals surface area contributed by atoms with Gasteiger partial charge in [0.2, 0.25) is 6.21 Å². The number of hydroxylamine groups is 1. The first-order valence-corrected chi connectivity index (χ1v) is 17.6. The molecule has 2 aromatic carbocycles. The van der Waals surface area contributed by atoms with Crippen molar-refractivity contribution in [3.63, 3.8) is 0 Å². The molecule has 1 aliphatic carbocycles. The van der Waals surface area contributed by atoms with Crippen LogP contribution in [0.3, 0.4) is 0 Å². The van der Waals surface area contributed by atoms with Crippen molar-refractivity contribution in [1.82, 2.24) is 14.1 Å². The van der Waals surface area contributed by atoms with Gasteiger partial charge >= 0.3 is 0 Å². The number of hydrogen-bond donors (Lipinski definition) is 0. The lowest BCUT2D eigenvalue weighted by Crippen LogP contribution is -2.22. The summed E-state index contributed by atoms with van der Waals surface area (Å²) in [5.74, 6) is 2.75. The average molecular weight is 694 g/mol. The van der Waals surface area contributed by atoms with Gasteiger partial charge in [0.05, 0.1) is 54.1 Å². The third kappa shape index (κ3) is 7.52. The monoisotopic (exact) mass is 692 g/mol. The minimum atomic E-state index is -0.204. The fourth-order valence-corrected chi connectivity index (χ4v) is 7.19. The molecule has 0 spiro atoms. The zero-order chi connectivity index (χ0) is 33.6. The molecule has 254 valence electrons. The molecule has 2 aromatic heterocycles. The maximum atomic E-state index is 13.4. The Kier molecular flexibility index (Phi) is 11.0. The quantitative estimate of drug-likeness (QED) is 0.0746. The van der Waals surface area contributed by atoms with Crippen LogP contribution in [0.25, 0.3) is 16.6 Å². The lowest BCUT2D eigenvalue weighted by molar-refractivity contribution is -0.406. The summed E-state index contributed by atoms with van der Waals surface area (Å²) < 4.78 is 22.4. The van der Waals surface area contributed by atoms with E-state index in [-0.39, 0.29) is 11.5 Å². The van der Waals surface area contributed by atoms with Gasteiger partial charge in [-0.3, -0.25) is 9.36 Å². The van der Waals surface area contributed by atoms with Gasteiger partial charge < -0.3 is 24.0 Å². The first-order valence-electron chi connectivity index (χ1n) is 16.9. The smallest absolute Gasteiger partial charge is 0.266 e. The SMILES string of the molecule is COc1c(OCCCCCCCCCOc2ccc3nc(C)n(-c4ccc(Cl)cc4Cl)c(=O)c3c2)cn2c1C=[N+]([O-])C1=CCCC[C@H]1C2. The first-order chi connectivity index (χ1) is 23.3. The highest BCUT2D eigenvalue weighted by atomic mass is 35.5. The molecule has 4 aromatic rings. The van der Waals surface area contributed by atoms with Crippen molar-refractivity contribution in [2.24, 2.45) is 5.92 Å². The number of fused-ring (bicyclic) bond motifs is 3. The number of ether oxygens (including phenoxy) is 3. The highest BCUT2D eigenvalue weighted by molar-refractivity contribution is 6.35. The second-order valence-corrected chi connectivity index (χ2v) is 13.4. The summed E-state index contributed by atoms with van der Waals surface area (Å²) in [5, 5.41) is 14.1. The molecule has 3 heterocycles. The molecule has 0 unspecified atom stereocenters. The first kappa shape index (κ1) is 33.9. The Morgan fingerprint density at radius 2 is 1.75 bits per heavy atom. The zero-order valence-corrected chi connectivity index (χ0v) is 29.1. The molecule has 0 saturated carbocycles. The number of aromatic nitrogens is 3. The average Bonchev–Trinajstić information content (AvgIpc) is 3.32. The molecule has 0 amide bonds. The molecular weight excluding hydrogens is 651 g/mol. The molecule has 0 N–H and O–H groups in total. The molecule has 48 heavy (non-hydrogen) atoms. The van der Waals surface area contributed by atoms with Crippen LogP contribution < -0.4 is 19.8 Å². The summed E-state index contributed by atoms with van der Waals surface area (Å²) in [7, 11) is 1.63. The minimum absolute atomic E-state index is 0.204. The fraction of sp³-hybridized carbons (Fsp3) is 0.432. The van der Waals surface area contributed by atoms with Crippen LogP contribution in [0.4, 0.5) is 0 Å². The molecule has 1 atom stereocenters. The highest BCUT2D eigenvalue weighted by Gasteiger charge is 2.31. The van der Waals surface area contributed by atoms with Gasteiger partial charge in [-0.1, -0.05) is 55.3 Å². The van der Waals surface area contributed by atoms with Crippen LogP contribution in [0.15, 0.2) is 59.2 Å². The van der Waals surface area contributed by atoms with E-state index in [1.165, 1.54) is 4.57 Å². The van der Waals surface area contributed by atoms with E-state index >= 15 is 0 Å². The van der Waals surface area contributed by atoms with Gasteiger partial charge in [-0.15, -0.1) is 0 Å². The van der Waals surface area contributed by atoms with Crippen molar-refractivity contribution in [3.8, 4) is 22.9 Å². The van der Waals surface area contributed by atoms with Gasteiger partial charge in [0.15, 0.2) is 22.9 Å². The molecule has 6 rings (SSSR count). The molecule has 0 radical (unpaired) electrons. The number of nitrogens with zero attached hydrogens (tertiary/aromatic N) is 4. The zero-order valence-electron chi connectivity index (χ0n) is 27.6. The summed E-state index contributed by atoms with van der Waals surface area (Å²) in [6, 6.07) is 10.5. The largest absolute Gasteiger partial charge is 0.618 e. The number of methoxy groups -OCH3 is 1. The van der Waals surface area contributed by atoms with E-state index in [0.29, 0.717) is 62.9 Å². The topological polar surface area (TPSA) is 93.6 Å². The predicted molar refractivity (Wildman–Crippen MR) is 191 cm³/mol. The number of unbranched alkanes of at least 4 members (excludes halogenated alkanes) is 6. The Morgan fingerprint density at radius 1 is 1.00 bits per heavy atom. The van der Waals surface area contributed by atoms with Gasteiger partial charge in [-0.2, -0.15) is 4.74 Å². The summed E-state index contributed by atoms with van der Waals surface area (Å²) in [4.78, 5) is 18.1. The summed E-state index contributed by atoms with van der Waals surface area (Å²) in [5.41, 5.74) is 2.60. The molecule has 11 heteroatoms. The van der Waals surface area contributed by atoms with Gasteiger partial charge in [0, 0.05) is 11.6 Å². The Bertz CT molecular complexity index is 1900. The van der Waals surface area contributed by atoms with Gasteiger partial charge in [-0.25, -0.2) is 4.98 Å². The van der Waals surface area contributed by atoms with Crippen LogP contribution in [-0.2, 0) is 6.54 Å². The van der Waals surface area contributed by atoms with Crippen molar-refractivity contribution in [3.05, 3.63) is 91.5 Å². The van der Waals surface area contributed by atoms with Crippen molar-refractivity contribution >= 4 is 40.3 Å². The number of aryl methyl sites for hydroxylation is 1. The van der Waals surface area contributed by atoms with E-state index in [4.69, 9.17) is 37.4 Å². The molecule has 0 fully saturated rings. The second kappa shape index (κ2) is 15.5. The van der Waals surface area contributed by atoms with E-state index in [2.05, 4.69) is 15.6 Å². The Morgan fingerprint density at radius 3 is 2.50 bits per heavy atom. The maximum Gasteiger partial charge on any atom is 0.266 e. The van der Waals surface area contributed by atoms with Crippen LogP contribution >= 0.6 is 23.2 Å². The normalized spacial score (nSPS) is 15.7. The van der Waals surface area contributed by atoms with Crippen LogP contribution in [0, 0.1) is 18.0 Å². The second-order valence-electron chi connectivity index (χ2n) is 12.5. The number of allylic oxidation sites excluding steroid dienone is 2. The standard InChI is InChI=1S/C37H42Cl2N4O5/c1-25-40-31-16-15-28(21-29(31)37(44)43(25)33-17-14-27(38)20-30(33)39)47-18-10-6-4-3-5-7-11-19-48-35-24-41-22-26-12-8-9-13-32(26)42(45)23-34(41)36(35)46-2/h13-17,20-21,23-24,26H,3-12,18-19,22H2,1-2H3/t26-/m0/s1. The van der Waals surface area contributed by atoms with Crippen molar-refractivity contribution in [2.75, 3.05) is 20.3 Å². The minimum Gasteiger partial charge on any atom is -0.618 e. The van der Waals surface area contributed by atoms with E-state index in [1.807, 2.05) is 18.3 Å². The highest BCUT2D eigenvalue weighted by Crippen LogP contribution is 2.37. The van der Waals surface area contributed by atoms with Crippen LogP contribution in [0.1, 0.15) is 75.7 Å². The van der Waals surface area contributed by atoms with Crippen LogP contribution in [0.5, 0.6) is 17.2 Å². The molecule has 0 saturated heterocycles. The number of benzene rings is 2. The lowest BCUT2D eigenvalue weighted by atomic mass is 9.92. The Labute approximate surface area is 290 Å². The number of halogens is 2. The number of hydrogen-bond acceptors (Lipinski definition) is 6. The van der Waals surface area contributed by atoms with E-state index in [0.717, 1.165) is 86.9 Å². The van der Waals surface area contributed by atoms with Crippen molar-refractivity contribution in [1.29, 1.82) is 0 Å².